The molecule has 0 bridgehead atoms. The Bertz CT molecular complexity index is 623. The summed E-state index contributed by atoms with van der Waals surface area (Å²) in [5, 5.41) is 19.7. The Labute approximate surface area is 134 Å². The number of aryl methyl sites for hydroxylation is 2. The first kappa shape index (κ1) is 16.6. The van der Waals surface area contributed by atoms with Gasteiger partial charge in [-0.25, -0.2) is 4.21 Å². The van der Waals surface area contributed by atoms with Crippen LogP contribution in [0, 0.1) is 0 Å². The van der Waals surface area contributed by atoms with E-state index < -0.39 is 10.8 Å². The zero-order valence-electron chi connectivity index (χ0n) is 13.0. The summed E-state index contributed by atoms with van der Waals surface area (Å²) in [6, 6.07) is 10.2. The highest BCUT2D eigenvalue weighted by Crippen LogP contribution is 2.27. The molecular formula is C18H22O3S. The Morgan fingerprint density at radius 3 is 1.59 bits per heavy atom. The lowest BCUT2D eigenvalue weighted by molar-refractivity contribution is 0.466. The topological polar surface area (TPSA) is 57.5 Å². The van der Waals surface area contributed by atoms with Crippen molar-refractivity contribution in [1.29, 1.82) is 0 Å². The number of benzene rings is 2. The normalized spacial score (nSPS) is 11.0. The third-order valence-corrected chi connectivity index (χ3v) is 4.93. The molecule has 0 heterocycles. The van der Waals surface area contributed by atoms with Gasteiger partial charge in [-0.1, -0.05) is 26.7 Å². The SMILES string of the molecule is CCCc1cc(S(=O)c2ccc(O)c(CCC)c2)ccc1O. The number of hydrogen-bond acceptors (Lipinski definition) is 3. The van der Waals surface area contributed by atoms with Gasteiger partial charge in [-0.05, 0) is 60.4 Å². The van der Waals surface area contributed by atoms with E-state index in [0.29, 0.717) is 9.79 Å². The van der Waals surface area contributed by atoms with Crippen LogP contribution in [0.5, 0.6) is 11.5 Å². The van der Waals surface area contributed by atoms with Crippen LogP contribution in [-0.2, 0) is 23.6 Å². The molecule has 0 saturated carbocycles. The summed E-state index contributed by atoms with van der Waals surface area (Å²) in [4.78, 5) is 1.35. The van der Waals surface area contributed by atoms with E-state index in [1.54, 1.807) is 36.4 Å². The highest BCUT2D eigenvalue weighted by Gasteiger charge is 2.12. The largest absolute Gasteiger partial charge is 0.508 e. The van der Waals surface area contributed by atoms with Crippen LogP contribution in [0.25, 0.3) is 0 Å². The van der Waals surface area contributed by atoms with Gasteiger partial charge >= 0.3 is 0 Å². The van der Waals surface area contributed by atoms with Gasteiger partial charge in [0.05, 0.1) is 10.8 Å². The molecule has 0 unspecified atom stereocenters. The Morgan fingerprint density at radius 1 is 0.818 bits per heavy atom. The summed E-state index contributed by atoms with van der Waals surface area (Å²) in [6.45, 7) is 4.08. The van der Waals surface area contributed by atoms with Gasteiger partial charge in [0.1, 0.15) is 11.5 Å². The minimum absolute atomic E-state index is 0.250. The van der Waals surface area contributed by atoms with E-state index in [-0.39, 0.29) is 11.5 Å². The van der Waals surface area contributed by atoms with Gasteiger partial charge in [-0.15, -0.1) is 0 Å². The maximum Gasteiger partial charge on any atom is 0.118 e. The summed E-state index contributed by atoms with van der Waals surface area (Å²) in [7, 11) is -1.31. The predicted molar refractivity (Wildman–Crippen MR) is 88.9 cm³/mol. The van der Waals surface area contributed by atoms with Crippen LogP contribution >= 0.6 is 0 Å². The molecule has 0 aliphatic carbocycles. The van der Waals surface area contributed by atoms with Crippen molar-refractivity contribution in [3.63, 3.8) is 0 Å². The quantitative estimate of drug-likeness (QED) is 0.840. The molecule has 0 fully saturated rings. The van der Waals surface area contributed by atoms with Gasteiger partial charge in [0.25, 0.3) is 0 Å². The molecular weight excluding hydrogens is 296 g/mol. The van der Waals surface area contributed by atoms with Gasteiger partial charge in [-0.3, -0.25) is 0 Å². The van der Waals surface area contributed by atoms with E-state index in [0.717, 1.165) is 36.8 Å². The summed E-state index contributed by atoms with van der Waals surface area (Å²) < 4.78 is 12.7. The molecule has 4 heteroatoms. The summed E-state index contributed by atoms with van der Waals surface area (Å²) >= 11 is 0. The second-order valence-electron chi connectivity index (χ2n) is 5.35. The molecule has 2 aromatic carbocycles. The third-order valence-electron chi connectivity index (χ3n) is 3.57. The van der Waals surface area contributed by atoms with Gasteiger partial charge in [0.15, 0.2) is 0 Å². The van der Waals surface area contributed by atoms with E-state index in [1.165, 1.54) is 0 Å². The molecule has 2 rings (SSSR count). The minimum Gasteiger partial charge on any atom is -0.508 e. The number of phenolic OH excluding ortho intramolecular Hbond substituents is 2. The summed E-state index contributed by atoms with van der Waals surface area (Å²) in [5.41, 5.74) is 1.64. The van der Waals surface area contributed by atoms with Crippen LogP contribution in [0.15, 0.2) is 46.2 Å². The fourth-order valence-corrected chi connectivity index (χ4v) is 3.58. The zero-order valence-corrected chi connectivity index (χ0v) is 13.8. The van der Waals surface area contributed by atoms with Gasteiger partial charge in [0.2, 0.25) is 0 Å². The highest BCUT2D eigenvalue weighted by molar-refractivity contribution is 7.85. The average Bonchev–Trinajstić information content (AvgIpc) is 2.51. The Hall–Kier alpha value is -1.81. The van der Waals surface area contributed by atoms with Gasteiger partial charge in [0, 0.05) is 9.79 Å². The molecule has 0 radical (unpaired) electrons. The highest BCUT2D eigenvalue weighted by atomic mass is 32.2. The van der Waals surface area contributed by atoms with Crippen molar-refractivity contribution < 1.29 is 14.4 Å². The van der Waals surface area contributed by atoms with Crippen molar-refractivity contribution in [2.45, 2.75) is 49.3 Å². The van der Waals surface area contributed by atoms with E-state index in [2.05, 4.69) is 0 Å². The van der Waals surface area contributed by atoms with Crippen LogP contribution in [-0.4, -0.2) is 14.4 Å². The Balaban J connectivity index is 2.35. The smallest absolute Gasteiger partial charge is 0.118 e. The van der Waals surface area contributed by atoms with Crippen molar-refractivity contribution in [3.05, 3.63) is 47.5 Å². The van der Waals surface area contributed by atoms with E-state index in [4.69, 9.17) is 0 Å². The summed E-state index contributed by atoms with van der Waals surface area (Å²) in [5.74, 6) is 0.500. The van der Waals surface area contributed by atoms with Crippen molar-refractivity contribution in [3.8, 4) is 11.5 Å². The lowest BCUT2D eigenvalue weighted by Gasteiger charge is -2.09. The molecule has 0 aliphatic rings. The van der Waals surface area contributed by atoms with Crippen LogP contribution in [0.1, 0.15) is 37.8 Å². The lowest BCUT2D eigenvalue weighted by Crippen LogP contribution is -1.97. The van der Waals surface area contributed by atoms with E-state index in [9.17, 15) is 14.4 Å². The van der Waals surface area contributed by atoms with Gasteiger partial charge in [-0.2, -0.15) is 0 Å². The summed E-state index contributed by atoms with van der Waals surface area (Å²) in [6.07, 6.45) is 3.36. The second-order valence-corrected chi connectivity index (χ2v) is 6.83. The van der Waals surface area contributed by atoms with Crippen LogP contribution in [0.2, 0.25) is 0 Å². The van der Waals surface area contributed by atoms with Crippen molar-refractivity contribution >= 4 is 10.8 Å². The molecule has 0 amide bonds. The number of rotatable bonds is 6. The predicted octanol–water partition coefficient (Wildman–Crippen LogP) is 4.17. The van der Waals surface area contributed by atoms with E-state index >= 15 is 0 Å². The van der Waals surface area contributed by atoms with Crippen molar-refractivity contribution in [2.24, 2.45) is 0 Å². The molecule has 2 aromatic rings. The Kier molecular flexibility index (Phi) is 5.61. The van der Waals surface area contributed by atoms with Crippen molar-refractivity contribution in [1.82, 2.24) is 0 Å². The number of phenols is 2. The van der Waals surface area contributed by atoms with Crippen LogP contribution < -0.4 is 0 Å². The first-order valence-corrected chi connectivity index (χ1v) is 8.77. The van der Waals surface area contributed by atoms with Crippen molar-refractivity contribution in [2.75, 3.05) is 0 Å². The number of hydrogen-bond donors (Lipinski definition) is 2. The Morgan fingerprint density at radius 2 is 1.23 bits per heavy atom. The fraction of sp³-hybridized carbons (Fsp3) is 0.333. The molecule has 0 aliphatic heterocycles. The monoisotopic (exact) mass is 318 g/mol. The standard InChI is InChI=1S/C18H22O3S/c1-3-5-13-11-15(7-9-17(13)19)22(21)16-8-10-18(20)14(12-16)6-4-2/h7-12,19-20H,3-6H2,1-2H3. The second kappa shape index (κ2) is 7.45. The molecule has 0 saturated heterocycles. The van der Waals surface area contributed by atoms with E-state index in [1.807, 2.05) is 13.8 Å². The molecule has 118 valence electrons. The minimum atomic E-state index is -1.31. The fourth-order valence-electron chi connectivity index (χ4n) is 2.43. The lowest BCUT2D eigenvalue weighted by atomic mass is 10.1. The molecule has 22 heavy (non-hydrogen) atoms. The third kappa shape index (κ3) is 3.69. The molecule has 3 nitrogen and oxygen atoms in total. The molecule has 0 atom stereocenters. The van der Waals surface area contributed by atoms with Crippen LogP contribution in [0.4, 0.5) is 0 Å². The molecule has 2 N–H and O–H groups in total. The van der Waals surface area contributed by atoms with Gasteiger partial charge < -0.3 is 10.2 Å². The zero-order chi connectivity index (χ0) is 16.1. The molecule has 0 aromatic heterocycles. The maximum atomic E-state index is 12.7. The first-order valence-electron chi connectivity index (χ1n) is 7.62. The van der Waals surface area contributed by atoms with Crippen LogP contribution in [0.3, 0.4) is 0 Å². The number of aromatic hydroxyl groups is 2. The first-order chi connectivity index (χ1) is 10.6. The molecule has 0 spiro atoms. The maximum absolute atomic E-state index is 12.7. The average molecular weight is 318 g/mol.